The lowest BCUT2D eigenvalue weighted by Crippen LogP contribution is -3.00. The molecule has 1 aromatic heterocycles. The van der Waals surface area contributed by atoms with E-state index in [-0.39, 0.29) is 17.0 Å². The second kappa shape index (κ2) is 18.9. The third-order valence-electron chi connectivity index (χ3n) is 4.82. The van der Waals surface area contributed by atoms with Crippen LogP contribution in [-0.2, 0) is 0 Å². The van der Waals surface area contributed by atoms with Crippen LogP contribution in [0.1, 0.15) is 84.6 Å². The summed E-state index contributed by atoms with van der Waals surface area (Å²) in [7, 11) is 0. The highest BCUT2D eigenvalue weighted by atomic mass is 79.9. The predicted molar refractivity (Wildman–Crippen MR) is 116 cm³/mol. The van der Waals surface area contributed by atoms with E-state index in [1.54, 1.807) is 18.3 Å². The molecule has 0 radical (unpaired) electrons. The van der Waals surface area contributed by atoms with Crippen molar-refractivity contribution in [2.75, 3.05) is 26.2 Å². The molecule has 1 rings (SSSR count). The fraction of sp³-hybridized carbons (Fsp3) is 0.727. The van der Waals surface area contributed by atoms with Crippen LogP contribution in [0.5, 0.6) is 0 Å². The zero-order valence-corrected chi connectivity index (χ0v) is 21.0. The number of quaternary nitrogens is 1. The van der Waals surface area contributed by atoms with Gasteiger partial charge < -0.3 is 21.5 Å². The molecule has 0 fully saturated rings. The van der Waals surface area contributed by atoms with Crippen LogP contribution in [0.2, 0.25) is 0 Å². The molecule has 0 aliphatic rings. The SMILES string of the molecule is CCCC[N+](CCCC)(CCCC)CCCC.N#Cc1cccnc1Br.[Br-]. The fourth-order valence-electron chi connectivity index (χ4n) is 3.11. The largest absolute Gasteiger partial charge is 1.00 e. The van der Waals surface area contributed by atoms with Gasteiger partial charge in [-0.25, -0.2) is 4.98 Å². The number of pyridine rings is 1. The molecule has 156 valence electrons. The number of rotatable bonds is 12. The standard InChI is InChI=1S/C16H36N.C6H3BrN2.BrH/c1-5-9-13-17(14-10-6-2,15-11-7-3)16-12-8-4;7-6-5(4-8)2-1-3-9-6;/h5-16H2,1-4H3;1-3H;1H/q+1;;/p-1. The number of nitrogens with zero attached hydrogens (tertiary/aromatic N) is 3. The Morgan fingerprint density at radius 1 is 0.889 bits per heavy atom. The Hall–Kier alpha value is -0.440. The summed E-state index contributed by atoms with van der Waals surface area (Å²) >= 11 is 3.12. The summed E-state index contributed by atoms with van der Waals surface area (Å²) in [5.74, 6) is 0. The number of unbranched alkanes of at least 4 members (excludes halogenated alkanes) is 4. The van der Waals surface area contributed by atoms with Gasteiger partial charge in [-0.2, -0.15) is 5.26 Å². The van der Waals surface area contributed by atoms with Crippen molar-refractivity contribution in [1.82, 2.24) is 4.98 Å². The number of halogens is 2. The first-order valence-electron chi connectivity index (χ1n) is 10.4. The Balaban J connectivity index is 0. The zero-order chi connectivity index (χ0) is 19.7. The third-order valence-corrected chi connectivity index (χ3v) is 5.46. The molecule has 27 heavy (non-hydrogen) atoms. The van der Waals surface area contributed by atoms with Crippen LogP contribution in [0.3, 0.4) is 0 Å². The molecule has 0 N–H and O–H groups in total. The minimum atomic E-state index is 0. The molecule has 0 unspecified atom stereocenters. The van der Waals surface area contributed by atoms with E-state index in [0.29, 0.717) is 10.2 Å². The molecule has 0 saturated heterocycles. The van der Waals surface area contributed by atoms with E-state index in [1.165, 1.54) is 82.0 Å². The summed E-state index contributed by atoms with van der Waals surface area (Å²) in [6.45, 7) is 15.0. The Morgan fingerprint density at radius 3 is 1.56 bits per heavy atom. The first-order chi connectivity index (χ1) is 12.6. The summed E-state index contributed by atoms with van der Waals surface area (Å²) in [5, 5.41) is 8.40. The van der Waals surface area contributed by atoms with Crippen molar-refractivity contribution in [3.05, 3.63) is 28.5 Å². The van der Waals surface area contributed by atoms with Gasteiger partial charge in [0.05, 0.1) is 31.7 Å². The van der Waals surface area contributed by atoms with Crippen LogP contribution in [0.25, 0.3) is 0 Å². The number of aromatic nitrogens is 1. The maximum Gasteiger partial charge on any atom is 0.123 e. The Kier molecular flexibility index (Phi) is 20.1. The van der Waals surface area contributed by atoms with Crippen molar-refractivity contribution in [3.8, 4) is 6.07 Å². The van der Waals surface area contributed by atoms with E-state index in [9.17, 15) is 0 Å². The van der Waals surface area contributed by atoms with Crippen LogP contribution < -0.4 is 17.0 Å². The summed E-state index contributed by atoms with van der Waals surface area (Å²) < 4.78 is 2.02. The van der Waals surface area contributed by atoms with Gasteiger partial charge in [0.1, 0.15) is 10.7 Å². The Labute approximate surface area is 187 Å². The first-order valence-corrected chi connectivity index (χ1v) is 11.2. The smallest absolute Gasteiger partial charge is 0.123 e. The molecule has 0 aliphatic carbocycles. The van der Waals surface area contributed by atoms with Gasteiger partial charge in [-0.3, -0.25) is 0 Å². The van der Waals surface area contributed by atoms with Gasteiger partial charge in [0, 0.05) is 6.20 Å². The van der Waals surface area contributed by atoms with Crippen molar-refractivity contribution in [1.29, 1.82) is 5.26 Å². The number of nitriles is 1. The van der Waals surface area contributed by atoms with E-state index < -0.39 is 0 Å². The molecular weight excluding hydrogens is 466 g/mol. The average molecular weight is 505 g/mol. The summed E-state index contributed by atoms with van der Waals surface area (Å²) in [6, 6.07) is 5.42. The predicted octanol–water partition coefficient (Wildman–Crippen LogP) is 3.72. The maximum atomic E-state index is 8.40. The molecule has 1 heterocycles. The summed E-state index contributed by atoms with van der Waals surface area (Å²) in [4.78, 5) is 3.84. The van der Waals surface area contributed by atoms with Crippen LogP contribution in [-0.4, -0.2) is 35.6 Å². The topological polar surface area (TPSA) is 36.7 Å². The summed E-state index contributed by atoms with van der Waals surface area (Å²) in [5.41, 5.74) is 0.567. The highest BCUT2D eigenvalue weighted by Gasteiger charge is 2.24. The lowest BCUT2D eigenvalue weighted by atomic mass is 10.1. The normalized spacial score (nSPS) is 10.4. The monoisotopic (exact) mass is 503 g/mol. The molecule has 0 spiro atoms. The van der Waals surface area contributed by atoms with Gasteiger partial charge in [-0.15, -0.1) is 0 Å². The maximum absolute atomic E-state index is 8.40. The van der Waals surface area contributed by atoms with E-state index in [4.69, 9.17) is 5.26 Å². The minimum Gasteiger partial charge on any atom is -1.00 e. The highest BCUT2D eigenvalue weighted by Crippen LogP contribution is 2.16. The van der Waals surface area contributed by atoms with Crippen molar-refractivity contribution in [2.24, 2.45) is 0 Å². The van der Waals surface area contributed by atoms with Gasteiger partial charge >= 0.3 is 0 Å². The van der Waals surface area contributed by atoms with E-state index in [0.717, 1.165) is 0 Å². The quantitative estimate of drug-likeness (QED) is 0.321. The molecule has 0 saturated carbocycles. The molecule has 0 atom stereocenters. The van der Waals surface area contributed by atoms with Crippen molar-refractivity contribution in [2.45, 2.75) is 79.1 Å². The molecule has 3 nitrogen and oxygen atoms in total. The average Bonchev–Trinajstić information content (AvgIpc) is 2.68. The van der Waals surface area contributed by atoms with Gasteiger partial charge in [0.15, 0.2) is 0 Å². The van der Waals surface area contributed by atoms with Gasteiger partial charge in [0.25, 0.3) is 0 Å². The minimum absolute atomic E-state index is 0. The van der Waals surface area contributed by atoms with E-state index in [2.05, 4.69) is 48.6 Å². The number of hydrogen-bond donors (Lipinski definition) is 0. The lowest BCUT2D eigenvalue weighted by molar-refractivity contribution is -0.929. The van der Waals surface area contributed by atoms with Gasteiger partial charge in [-0.05, 0) is 53.7 Å². The summed E-state index contributed by atoms with van der Waals surface area (Å²) in [6.07, 6.45) is 12.7. The zero-order valence-electron chi connectivity index (χ0n) is 17.8. The van der Waals surface area contributed by atoms with Crippen LogP contribution in [0.15, 0.2) is 22.9 Å². The van der Waals surface area contributed by atoms with Crippen LogP contribution >= 0.6 is 15.9 Å². The third kappa shape index (κ3) is 13.4. The van der Waals surface area contributed by atoms with Crippen molar-refractivity contribution in [3.63, 3.8) is 0 Å². The van der Waals surface area contributed by atoms with E-state index >= 15 is 0 Å². The molecule has 5 heteroatoms. The highest BCUT2D eigenvalue weighted by molar-refractivity contribution is 9.10. The van der Waals surface area contributed by atoms with E-state index in [1.807, 2.05) is 6.07 Å². The molecule has 0 bridgehead atoms. The fourth-order valence-corrected chi connectivity index (χ4v) is 3.45. The second-order valence-corrected chi connectivity index (χ2v) is 7.85. The molecular formula is C22H39Br2N3. The Bertz CT molecular complexity index is 463. The van der Waals surface area contributed by atoms with Gasteiger partial charge in [0.2, 0.25) is 0 Å². The first kappa shape index (κ1) is 28.8. The number of hydrogen-bond acceptors (Lipinski definition) is 2. The lowest BCUT2D eigenvalue weighted by Gasteiger charge is -2.39. The van der Waals surface area contributed by atoms with Crippen molar-refractivity contribution >= 4 is 15.9 Å². The molecule has 1 aromatic rings. The second-order valence-electron chi connectivity index (χ2n) is 7.10. The molecule has 0 aromatic carbocycles. The van der Waals surface area contributed by atoms with Crippen LogP contribution in [0, 0.1) is 11.3 Å². The van der Waals surface area contributed by atoms with Crippen LogP contribution in [0.4, 0.5) is 0 Å². The van der Waals surface area contributed by atoms with Gasteiger partial charge in [-0.1, -0.05) is 53.4 Å². The van der Waals surface area contributed by atoms with Crippen molar-refractivity contribution < 1.29 is 21.5 Å². The molecule has 0 amide bonds. The Morgan fingerprint density at radius 2 is 1.30 bits per heavy atom. The molecule has 0 aliphatic heterocycles.